The molecule has 1 aliphatic carbocycles. The zero-order valence-electron chi connectivity index (χ0n) is 14.0. The lowest BCUT2D eigenvalue weighted by molar-refractivity contribution is -0.132. The molecule has 3 rings (SSSR count). The van der Waals surface area contributed by atoms with Gasteiger partial charge in [0, 0.05) is 32.2 Å². The van der Waals surface area contributed by atoms with Crippen molar-refractivity contribution in [2.75, 3.05) is 26.2 Å². The van der Waals surface area contributed by atoms with Crippen LogP contribution < -0.4 is 5.73 Å². The fourth-order valence-electron chi connectivity index (χ4n) is 3.98. The third kappa shape index (κ3) is 4.33. The van der Waals surface area contributed by atoms with Gasteiger partial charge in [0.15, 0.2) is 0 Å². The van der Waals surface area contributed by atoms with Crippen molar-refractivity contribution in [2.24, 2.45) is 5.73 Å². The molecule has 23 heavy (non-hydrogen) atoms. The van der Waals surface area contributed by atoms with E-state index >= 15 is 0 Å². The molecule has 1 saturated heterocycles. The van der Waals surface area contributed by atoms with Crippen molar-refractivity contribution in [1.29, 1.82) is 0 Å². The normalized spacial score (nSPS) is 22.0. The Morgan fingerprint density at radius 2 is 1.78 bits per heavy atom. The van der Waals surface area contributed by atoms with Crippen LogP contribution in [0.2, 0.25) is 0 Å². The fraction of sp³-hybridized carbons (Fsp3) is 0.632. The van der Waals surface area contributed by atoms with Gasteiger partial charge in [-0.25, -0.2) is 0 Å². The average molecular weight is 315 g/mol. The minimum absolute atomic E-state index is 0.113. The molecule has 126 valence electrons. The molecule has 1 amide bonds. The summed E-state index contributed by atoms with van der Waals surface area (Å²) >= 11 is 0. The minimum Gasteiger partial charge on any atom is -0.340 e. The Kier molecular flexibility index (Phi) is 5.68. The van der Waals surface area contributed by atoms with E-state index in [1.54, 1.807) is 0 Å². The third-order valence-electron chi connectivity index (χ3n) is 5.30. The first-order valence-corrected chi connectivity index (χ1v) is 9.06. The maximum atomic E-state index is 12.7. The van der Waals surface area contributed by atoms with Crippen molar-refractivity contribution >= 4 is 5.91 Å². The number of benzene rings is 1. The van der Waals surface area contributed by atoms with Gasteiger partial charge in [-0.2, -0.15) is 0 Å². The highest BCUT2D eigenvalue weighted by atomic mass is 16.2. The van der Waals surface area contributed by atoms with Crippen molar-refractivity contribution in [3.8, 4) is 0 Å². The lowest BCUT2D eigenvalue weighted by atomic mass is 10.1. The summed E-state index contributed by atoms with van der Waals surface area (Å²) < 4.78 is 0. The molecule has 0 spiro atoms. The summed E-state index contributed by atoms with van der Waals surface area (Å²) in [7, 11) is 0. The van der Waals surface area contributed by atoms with E-state index in [1.165, 1.54) is 25.7 Å². The molecule has 0 radical (unpaired) electrons. The number of nitrogens with zero attached hydrogens (tertiary/aromatic N) is 2. The molecular weight excluding hydrogens is 286 g/mol. The molecule has 1 saturated carbocycles. The molecule has 0 bridgehead atoms. The number of amides is 1. The predicted molar refractivity (Wildman–Crippen MR) is 93.1 cm³/mol. The van der Waals surface area contributed by atoms with Crippen LogP contribution in [0.25, 0.3) is 0 Å². The summed E-state index contributed by atoms with van der Waals surface area (Å²) in [5.74, 6) is 0.113. The van der Waals surface area contributed by atoms with E-state index in [0.717, 1.165) is 44.2 Å². The van der Waals surface area contributed by atoms with Crippen LogP contribution in [0.5, 0.6) is 0 Å². The van der Waals surface area contributed by atoms with Crippen molar-refractivity contribution in [2.45, 2.75) is 50.6 Å². The van der Waals surface area contributed by atoms with E-state index in [9.17, 15) is 4.79 Å². The highest BCUT2D eigenvalue weighted by Crippen LogP contribution is 2.24. The Hall–Kier alpha value is -1.39. The second-order valence-electron chi connectivity index (χ2n) is 6.95. The molecule has 1 aromatic rings. The first kappa shape index (κ1) is 16.5. The Bertz CT molecular complexity index is 499. The van der Waals surface area contributed by atoms with Gasteiger partial charge in [-0.15, -0.1) is 0 Å². The van der Waals surface area contributed by atoms with E-state index in [4.69, 9.17) is 5.73 Å². The first-order valence-electron chi connectivity index (χ1n) is 9.06. The van der Waals surface area contributed by atoms with Gasteiger partial charge in [0.1, 0.15) is 0 Å². The van der Waals surface area contributed by atoms with Crippen LogP contribution in [-0.4, -0.2) is 54.0 Å². The third-order valence-corrected chi connectivity index (χ3v) is 5.30. The van der Waals surface area contributed by atoms with Gasteiger partial charge in [0.05, 0.1) is 6.04 Å². The van der Waals surface area contributed by atoms with Gasteiger partial charge in [-0.3, -0.25) is 9.69 Å². The van der Waals surface area contributed by atoms with E-state index < -0.39 is 6.04 Å². The number of nitrogens with two attached hydrogens (primary N) is 1. The summed E-state index contributed by atoms with van der Waals surface area (Å²) in [4.78, 5) is 17.3. The van der Waals surface area contributed by atoms with Crippen LogP contribution in [0.1, 0.15) is 37.7 Å². The number of hydrogen-bond acceptors (Lipinski definition) is 3. The Balaban J connectivity index is 1.53. The predicted octanol–water partition coefficient (Wildman–Crippen LogP) is 2.03. The Labute approximate surface area is 139 Å². The van der Waals surface area contributed by atoms with Crippen molar-refractivity contribution in [1.82, 2.24) is 9.80 Å². The summed E-state index contributed by atoms with van der Waals surface area (Å²) in [6, 6.07) is 10.4. The van der Waals surface area contributed by atoms with Crippen LogP contribution in [0, 0.1) is 0 Å². The van der Waals surface area contributed by atoms with Gasteiger partial charge in [0.2, 0.25) is 5.91 Å². The summed E-state index contributed by atoms with van der Waals surface area (Å²) in [5, 5.41) is 0. The largest absolute Gasteiger partial charge is 0.340 e. The molecule has 4 nitrogen and oxygen atoms in total. The van der Waals surface area contributed by atoms with Crippen LogP contribution in [0.4, 0.5) is 0 Å². The topological polar surface area (TPSA) is 49.6 Å². The molecule has 4 heteroatoms. The molecule has 1 heterocycles. The maximum absolute atomic E-state index is 12.7. The highest BCUT2D eigenvalue weighted by Gasteiger charge is 2.27. The number of carbonyl (C=O) groups is 1. The quantitative estimate of drug-likeness (QED) is 0.925. The van der Waals surface area contributed by atoms with Crippen LogP contribution in [-0.2, 0) is 11.2 Å². The standard InChI is InChI=1S/C19H29N3O/c20-18(15-16-7-2-1-3-8-16)19(23)22-12-6-11-21(13-14-22)17-9-4-5-10-17/h1-3,7-8,17-18H,4-6,9-15,20H2. The lowest BCUT2D eigenvalue weighted by Gasteiger charge is -2.28. The molecule has 1 aliphatic heterocycles. The summed E-state index contributed by atoms with van der Waals surface area (Å²) in [6.07, 6.45) is 7.10. The molecule has 0 aromatic heterocycles. The monoisotopic (exact) mass is 315 g/mol. The zero-order valence-corrected chi connectivity index (χ0v) is 14.0. The van der Waals surface area contributed by atoms with Gasteiger partial charge >= 0.3 is 0 Å². The van der Waals surface area contributed by atoms with E-state index in [-0.39, 0.29) is 5.91 Å². The zero-order chi connectivity index (χ0) is 16.1. The first-order chi connectivity index (χ1) is 11.2. The molecule has 2 aliphatic rings. The van der Waals surface area contributed by atoms with Crippen LogP contribution in [0.3, 0.4) is 0 Å². The van der Waals surface area contributed by atoms with E-state index in [1.807, 2.05) is 35.2 Å². The van der Waals surface area contributed by atoms with Crippen molar-refractivity contribution in [3.05, 3.63) is 35.9 Å². The summed E-state index contributed by atoms with van der Waals surface area (Å²) in [6.45, 7) is 3.82. The number of rotatable bonds is 4. The molecular formula is C19H29N3O. The Morgan fingerprint density at radius 3 is 2.52 bits per heavy atom. The molecule has 1 atom stereocenters. The molecule has 2 fully saturated rings. The smallest absolute Gasteiger partial charge is 0.239 e. The number of carbonyl (C=O) groups excluding carboxylic acids is 1. The van der Waals surface area contributed by atoms with Crippen molar-refractivity contribution in [3.63, 3.8) is 0 Å². The van der Waals surface area contributed by atoms with Gasteiger partial charge in [-0.1, -0.05) is 43.2 Å². The SMILES string of the molecule is NC(Cc1ccccc1)C(=O)N1CCCN(C2CCCC2)CC1. The van der Waals surface area contributed by atoms with Crippen LogP contribution >= 0.6 is 0 Å². The molecule has 1 unspecified atom stereocenters. The van der Waals surface area contributed by atoms with Gasteiger partial charge < -0.3 is 10.6 Å². The fourth-order valence-corrected chi connectivity index (χ4v) is 3.98. The second-order valence-corrected chi connectivity index (χ2v) is 6.95. The summed E-state index contributed by atoms with van der Waals surface area (Å²) in [5.41, 5.74) is 7.32. The Morgan fingerprint density at radius 1 is 1.04 bits per heavy atom. The number of hydrogen-bond donors (Lipinski definition) is 1. The van der Waals surface area contributed by atoms with Crippen molar-refractivity contribution < 1.29 is 4.79 Å². The lowest BCUT2D eigenvalue weighted by Crippen LogP contribution is -2.46. The highest BCUT2D eigenvalue weighted by molar-refractivity contribution is 5.82. The maximum Gasteiger partial charge on any atom is 0.239 e. The van der Waals surface area contributed by atoms with Gasteiger partial charge in [0.25, 0.3) is 0 Å². The van der Waals surface area contributed by atoms with Gasteiger partial charge in [-0.05, 0) is 31.2 Å². The second kappa shape index (κ2) is 7.93. The minimum atomic E-state index is -0.421. The van der Waals surface area contributed by atoms with E-state index in [0.29, 0.717) is 6.42 Å². The molecule has 1 aromatic carbocycles. The molecule has 2 N–H and O–H groups in total. The van der Waals surface area contributed by atoms with Crippen LogP contribution in [0.15, 0.2) is 30.3 Å². The average Bonchev–Trinajstić information content (AvgIpc) is 3.00. The van der Waals surface area contributed by atoms with E-state index in [2.05, 4.69) is 4.90 Å².